The first-order valence-corrected chi connectivity index (χ1v) is 13.5. The fourth-order valence-electron chi connectivity index (χ4n) is 4.31. The van der Waals surface area contributed by atoms with Crippen LogP contribution >= 0.6 is 11.3 Å². The highest BCUT2D eigenvalue weighted by Crippen LogP contribution is 2.34. The standard InChI is InChI=1S/C31H29NO5S/c1-2-8-22-19-25(37-28-14-6-10-21-9-3-4-13-26(21)28)15-16-27(22)36-18-7-17-35-24-12-5-11-23(20-24)29-30(33)32-31(34)38-29/h3-6,9-16,19-20,33H,2,7-8,17-18H2,1H3,(H,32,34). The summed E-state index contributed by atoms with van der Waals surface area (Å²) >= 11 is 0.967. The summed E-state index contributed by atoms with van der Waals surface area (Å²) in [5.41, 5.74) is 1.85. The lowest BCUT2D eigenvalue weighted by Gasteiger charge is -2.15. The summed E-state index contributed by atoms with van der Waals surface area (Å²) in [6, 6.07) is 27.6. The fraction of sp³-hybridized carbons (Fsp3) is 0.194. The van der Waals surface area contributed by atoms with Gasteiger partial charge in [-0.2, -0.15) is 0 Å². The van der Waals surface area contributed by atoms with Crippen molar-refractivity contribution < 1.29 is 19.3 Å². The summed E-state index contributed by atoms with van der Waals surface area (Å²) in [5.74, 6) is 3.03. The van der Waals surface area contributed by atoms with Crippen LogP contribution in [-0.4, -0.2) is 23.3 Å². The summed E-state index contributed by atoms with van der Waals surface area (Å²) < 4.78 is 18.3. The lowest BCUT2D eigenvalue weighted by Crippen LogP contribution is -2.06. The van der Waals surface area contributed by atoms with Crippen molar-refractivity contribution in [1.82, 2.24) is 4.98 Å². The van der Waals surface area contributed by atoms with Gasteiger partial charge in [-0.3, -0.25) is 9.78 Å². The molecule has 5 rings (SSSR count). The molecule has 6 nitrogen and oxygen atoms in total. The van der Waals surface area contributed by atoms with E-state index in [9.17, 15) is 9.90 Å². The van der Waals surface area contributed by atoms with E-state index in [0.29, 0.717) is 30.3 Å². The van der Waals surface area contributed by atoms with Crippen molar-refractivity contribution in [3.8, 4) is 39.3 Å². The molecule has 0 aliphatic heterocycles. The van der Waals surface area contributed by atoms with Gasteiger partial charge in [0.2, 0.25) is 5.88 Å². The Morgan fingerprint density at radius 3 is 2.50 bits per heavy atom. The number of aromatic nitrogens is 1. The molecule has 1 heterocycles. The van der Waals surface area contributed by atoms with E-state index in [4.69, 9.17) is 14.2 Å². The van der Waals surface area contributed by atoms with Crippen LogP contribution in [0.5, 0.6) is 28.9 Å². The zero-order valence-corrected chi connectivity index (χ0v) is 21.9. The Bertz CT molecular complexity index is 1580. The van der Waals surface area contributed by atoms with Crippen LogP contribution in [0, 0.1) is 0 Å². The predicted octanol–water partition coefficient (Wildman–Crippen LogP) is 7.55. The molecule has 0 atom stereocenters. The number of benzene rings is 4. The smallest absolute Gasteiger partial charge is 0.307 e. The molecular formula is C31H29NO5S. The van der Waals surface area contributed by atoms with E-state index in [2.05, 4.69) is 36.2 Å². The molecule has 0 amide bonds. The Morgan fingerprint density at radius 1 is 0.842 bits per heavy atom. The number of H-pyrrole nitrogens is 1. The molecule has 1 aromatic heterocycles. The number of aromatic amines is 1. The van der Waals surface area contributed by atoms with Gasteiger partial charge in [-0.25, -0.2) is 0 Å². The number of ether oxygens (including phenoxy) is 3. The van der Waals surface area contributed by atoms with E-state index in [0.717, 1.165) is 63.3 Å². The van der Waals surface area contributed by atoms with Crippen molar-refractivity contribution in [2.45, 2.75) is 26.2 Å². The van der Waals surface area contributed by atoms with E-state index in [1.54, 1.807) is 0 Å². The van der Waals surface area contributed by atoms with Gasteiger partial charge < -0.3 is 19.3 Å². The number of hydrogen-bond acceptors (Lipinski definition) is 6. The number of fused-ring (bicyclic) bond motifs is 1. The van der Waals surface area contributed by atoms with E-state index in [1.807, 2.05) is 60.7 Å². The average molecular weight is 528 g/mol. The summed E-state index contributed by atoms with van der Waals surface area (Å²) in [6.45, 7) is 3.14. The number of aromatic hydroxyl groups is 1. The third-order valence-corrected chi connectivity index (χ3v) is 6.99. The second-order valence-electron chi connectivity index (χ2n) is 8.87. The monoisotopic (exact) mass is 527 g/mol. The van der Waals surface area contributed by atoms with Crippen LogP contribution < -0.4 is 19.1 Å². The highest BCUT2D eigenvalue weighted by molar-refractivity contribution is 7.13. The molecule has 0 spiro atoms. The number of aryl methyl sites for hydroxylation is 1. The molecule has 0 radical (unpaired) electrons. The molecule has 0 saturated heterocycles. The van der Waals surface area contributed by atoms with E-state index < -0.39 is 0 Å². The van der Waals surface area contributed by atoms with Crippen molar-refractivity contribution in [2.24, 2.45) is 0 Å². The van der Waals surface area contributed by atoms with Crippen LogP contribution in [0.1, 0.15) is 25.3 Å². The molecule has 0 saturated carbocycles. The molecule has 38 heavy (non-hydrogen) atoms. The minimum atomic E-state index is -0.295. The maximum absolute atomic E-state index is 11.5. The minimum absolute atomic E-state index is 0.123. The lowest BCUT2D eigenvalue weighted by atomic mass is 10.1. The van der Waals surface area contributed by atoms with Gasteiger partial charge in [-0.05, 0) is 53.8 Å². The van der Waals surface area contributed by atoms with Gasteiger partial charge in [-0.15, -0.1) is 0 Å². The van der Waals surface area contributed by atoms with E-state index >= 15 is 0 Å². The van der Waals surface area contributed by atoms with E-state index in [-0.39, 0.29) is 10.8 Å². The average Bonchev–Trinajstić information content (AvgIpc) is 3.28. The number of thiazole rings is 1. The molecule has 2 N–H and O–H groups in total. The Labute approximate surface area is 225 Å². The van der Waals surface area contributed by atoms with Crippen LogP contribution in [0.2, 0.25) is 0 Å². The zero-order chi connectivity index (χ0) is 26.3. The van der Waals surface area contributed by atoms with Crippen molar-refractivity contribution in [3.63, 3.8) is 0 Å². The van der Waals surface area contributed by atoms with Crippen LogP contribution in [0.3, 0.4) is 0 Å². The molecule has 0 bridgehead atoms. The van der Waals surface area contributed by atoms with Crippen molar-refractivity contribution in [3.05, 3.63) is 100 Å². The number of hydrogen-bond donors (Lipinski definition) is 2. The second-order valence-corrected chi connectivity index (χ2v) is 9.85. The summed E-state index contributed by atoms with van der Waals surface area (Å²) in [4.78, 5) is 14.1. The highest BCUT2D eigenvalue weighted by atomic mass is 32.1. The Kier molecular flexibility index (Phi) is 7.95. The van der Waals surface area contributed by atoms with Crippen molar-refractivity contribution >= 4 is 22.1 Å². The Morgan fingerprint density at radius 2 is 1.66 bits per heavy atom. The second kappa shape index (κ2) is 11.9. The maximum atomic E-state index is 11.5. The molecule has 0 aliphatic rings. The lowest BCUT2D eigenvalue weighted by molar-refractivity contribution is 0.246. The zero-order valence-electron chi connectivity index (χ0n) is 21.1. The summed E-state index contributed by atoms with van der Waals surface area (Å²) in [7, 11) is 0. The Balaban J connectivity index is 1.18. The van der Waals surface area contributed by atoms with Gasteiger partial charge in [0.1, 0.15) is 23.0 Å². The van der Waals surface area contributed by atoms with Gasteiger partial charge in [0.05, 0.1) is 18.1 Å². The van der Waals surface area contributed by atoms with Crippen molar-refractivity contribution in [1.29, 1.82) is 0 Å². The minimum Gasteiger partial charge on any atom is -0.493 e. The molecule has 0 aliphatic carbocycles. The predicted molar refractivity (Wildman–Crippen MR) is 152 cm³/mol. The Hall–Kier alpha value is -4.23. The largest absolute Gasteiger partial charge is 0.493 e. The van der Waals surface area contributed by atoms with Crippen LogP contribution in [-0.2, 0) is 6.42 Å². The molecule has 0 unspecified atom stereocenters. The van der Waals surface area contributed by atoms with Crippen molar-refractivity contribution in [2.75, 3.05) is 13.2 Å². The van der Waals surface area contributed by atoms with Crippen LogP contribution in [0.25, 0.3) is 21.2 Å². The van der Waals surface area contributed by atoms with Gasteiger partial charge in [0.25, 0.3) is 0 Å². The highest BCUT2D eigenvalue weighted by Gasteiger charge is 2.11. The molecule has 4 aromatic carbocycles. The van der Waals surface area contributed by atoms with E-state index in [1.165, 1.54) is 0 Å². The van der Waals surface area contributed by atoms with Crippen LogP contribution in [0.15, 0.2) is 89.7 Å². The first-order chi connectivity index (χ1) is 18.6. The maximum Gasteiger partial charge on any atom is 0.307 e. The summed E-state index contributed by atoms with van der Waals surface area (Å²) in [6.07, 6.45) is 2.59. The molecule has 5 aromatic rings. The molecule has 0 fully saturated rings. The van der Waals surface area contributed by atoms with Gasteiger partial charge in [-0.1, -0.05) is 73.2 Å². The third kappa shape index (κ3) is 6.01. The van der Waals surface area contributed by atoms with Crippen LogP contribution in [0.4, 0.5) is 0 Å². The topological polar surface area (TPSA) is 80.8 Å². The molecular weight excluding hydrogens is 498 g/mol. The third-order valence-electron chi connectivity index (χ3n) is 6.07. The fourth-order valence-corrected chi connectivity index (χ4v) is 5.04. The molecule has 7 heteroatoms. The van der Waals surface area contributed by atoms with Gasteiger partial charge >= 0.3 is 4.87 Å². The van der Waals surface area contributed by atoms with Gasteiger partial charge in [0, 0.05) is 17.4 Å². The normalized spacial score (nSPS) is 11.0. The SMILES string of the molecule is CCCc1cc(Oc2cccc3ccccc23)ccc1OCCCOc1cccc(-c2sc(=O)[nH]c2O)c1. The summed E-state index contributed by atoms with van der Waals surface area (Å²) in [5, 5.41) is 12.1. The first-order valence-electron chi connectivity index (χ1n) is 12.7. The molecule has 194 valence electrons. The number of nitrogens with one attached hydrogen (secondary N) is 1. The first kappa shape index (κ1) is 25.4. The van der Waals surface area contributed by atoms with Gasteiger partial charge in [0.15, 0.2) is 0 Å². The number of rotatable bonds is 11. The quantitative estimate of drug-likeness (QED) is 0.173.